The fourth-order valence-electron chi connectivity index (χ4n) is 3.36. The number of hydrogen-bond acceptors (Lipinski definition) is 4. The first-order valence-electron chi connectivity index (χ1n) is 9.66. The van der Waals surface area contributed by atoms with Gasteiger partial charge in [-0.3, -0.25) is 9.10 Å². The van der Waals surface area contributed by atoms with Gasteiger partial charge in [-0.2, -0.15) is 0 Å². The second kappa shape index (κ2) is 9.20. The van der Waals surface area contributed by atoms with Gasteiger partial charge in [-0.05, 0) is 44.2 Å². The molecule has 0 saturated carbocycles. The summed E-state index contributed by atoms with van der Waals surface area (Å²) in [6, 6.07) is 13.0. The van der Waals surface area contributed by atoms with E-state index in [1.54, 1.807) is 41.3 Å². The molecule has 1 fully saturated rings. The van der Waals surface area contributed by atoms with Crippen LogP contribution in [0.1, 0.15) is 24.2 Å². The molecule has 0 spiro atoms. The smallest absolute Gasteiger partial charge is 0.266 e. The first kappa shape index (κ1) is 22.3. The number of rotatable bonds is 6. The number of amides is 1. The van der Waals surface area contributed by atoms with Crippen LogP contribution >= 0.6 is 11.6 Å². The molecule has 2 atom stereocenters. The highest BCUT2D eigenvalue weighted by molar-refractivity contribution is 7.93. The molecule has 2 unspecified atom stereocenters. The normalized spacial score (nSPS) is 19.4. The highest BCUT2D eigenvalue weighted by atomic mass is 35.5. The standard InChI is InChI=1S/C22H25ClN2O4S/c1-4-12-25(19-8-6-5-7-9-19)30(27,28)21-13-18(10-11-20(21)23)22(26)24-14-17(3)29-15-16(24)2/h4-11,13,16-17H,1,12,14-15H2,2-3H3. The molecule has 160 valence electrons. The molecule has 0 N–H and O–H groups in total. The van der Waals surface area contributed by atoms with Crippen molar-refractivity contribution < 1.29 is 17.9 Å². The average Bonchev–Trinajstić information content (AvgIpc) is 2.74. The number of benzene rings is 2. The van der Waals surface area contributed by atoms with E-state index in [4.69, 9.17) is 16.3 Å². The quantitative estimate of drug-likeness (QED) is 0.627. The van der Waals surface area contributed by atoms with Gasteiger partial charge in [0, 0.05) is 12.1 Å². The summed E-state index contributed by atoms with van der Waals surface area (Å²) in [7, 11) is -4.02. The van der Waals surface area contributed by atoms with E-state index >= 15 is 0 Å². The van der Waals surface area contributed by atoms with Gasteiger partial charge in [-0.15, -0.1) is 6.58 Å². The van der Waals surface area contributed by atoms with E-state index in [1.807, 2.05) is 13.8 Å². The lowest BCUT2D eigenvalue weighted by Crippen LogP contribution is -2.50. The van der Waals surface area contributed by atoms with Crippen molar-refractivity contribution in [3.05, 3.63) is 71.8 Å². The number of morpholine rings is 1. The van der Waals surface area contributed by atoms with Crippen LogP contribution in [0.4, 0.5) is 5.69 Å². The van der Waals surface area contributed by atoms with Crippen molar-refractivity contribution in [3.8, 4) is 0 Å². The van der Waals surface area contributed by atoms with Crippen molar-refractivity contribution in [1.82, 2.24) is 4.90 Å². The van der Waals surface area contributed by atoms with E-state index in [1.165, 1.54) is 22.5 Å². The maximum Gasteiger partial charge on any atom is 0.266 e. The van der Waals surface area contributed by atoms with Crippen LogP contribution < -0.4 is 4.31 Å². The molecule has 2 aromatic carbocycles. The number of carbonyl (C=O) groups is 1. The summed E-state index contributed by atoms with van der Waals surface area (Å²) in [5, 5.41) is 0.0555. The molecule has 8 heteroatoms. The Morgan fingerprint density at radius 1 is 1.27 bits per heavy atom. The zero-order valence-corrected chi connectivity index (χ0v) is 18.6. The zero-order valence-electron chi connectivity index (χ0n) is 17.0. The van der Waals surface area contributed by atoms with Crippen molar-refractivity contribution in [2.45, 2.75) is 30.9 Å². The Morgan fingerprint density at radius 2 is 1.97 bits per heavy atom. The molecular weight excluding hydrogens is 424 g/mol. The molecule has 0 radical (unpaired) electrons. The highest BCUT2D eigenvalue weighted by Crippen LogP contribution is 2.30. The lowest BCUT2D eigenvalue weighted by Gasteiger charge is -2.37. The van der Waals surface area contributed by atoms with Crippen LogP contribution in [0.2, 0.25) is 5.02 Å². The maximum absolute atomic E-state index is 13.5. The van der Waals surface area contributed by atoms with Gasteiger partial charge >= 0.3 is 0 Å². The number of hydrogen-bond donors (Lipinski definition) is 0. The number of anilines is 1. The second-order valence-electron chi connectivity index (χ2n) is 7.26. The molecule has 1 aliphatic rings. The topological polar surface area (TPSA) is 66.9 Å². The lowest BCUT2D eigenvalue weighted by molar-refractivity contribution is -0.0387. The van der Waals surface area contributed by atoms with Crippen LogP contribution in [0.3, 0.4) is 0 Å². The van der Waals surface area contributed by atoms with Gasteiger partial charge in [0.2, 0.25) is 0 Å². The van der Waals surface area contributed by atoms with Crippen LogP contribution in [0.15, 0.2) is 66.1 Å². The van der Waals surface area contributed by atoms with Crippen LogP contribution in [-0.4, -0.2) is 51.1 Å². The summed E-state index contributed by atoms with van der Waals surface area (Å²) in [5.74, 6) is -0.249. The molecule has 1 heterocycles. The third-order valence-electron chi connectivity index (χ3n) is 4.95. The van der Waals surface area contributed by atoms with Crippen molar-refractivity contribution in [2.24, 2.45) is 0 Å². The molecule has 0 aliphatic carbocycles. The second-order valence-corrected chi connectivity index (χ2v) is 9.49. The number of carbonyl (C=O) groups excluding carboxylic acids is 1. The fourth-order valence-corrected chi connectivity index (χ4v) is 5.30. The highest BCUT2D eigenvalue weighted by Gasteiger charge is 2.31. The van der Waals surface area contributed by atoms with E-state index in [-0.39, 0.29) is 40.1 Å². The molecule has 3 rings (SSSR count). The van der Waals surface area contributed by atoms with Crippen molar-refractivity contribution in [1.29, 1.82) is 0 Å². The fraction of sp³-hybridized carbons (Fsp3) is 0.318. The summed E-state index contributed by atoms with van der Waals surface area (Å²) in [6.45, 7) is 8.41. The van der Waals surface area contributed by atoms with E-state index in [9.17, 15) is 13.2 Å². The Morgan fingerprint density at radius 3 is 2.63 bits per heavy atom. The summed E-state index contributed by atoms with van der Waals surface area (Å²) < 4.78 is 33.7. The van der Waals surface area contributed by atoms with Crippen LogP contribution in [0.5, 0.6) is 0 Å². The summed E-state index contributed by atoms with van der Waals surface area (Å²) in [6.07, 6.45) is 1.42. The van der Waals surface area contributed by atoms with Gasteiger partial charge in [-0.1, -0.05) is 35.9 Å². The van der Waals surface area contributed by atoms with Gasteiger partial charge < -0.3 is 9.64 Å². The number of para-hydroxylation sites is 1. The zero-order chi connectivity index (χ0) is 21.9. The van der Waals surface area contributed by atoms with Crippen molar-refractivity contribution in [3.63, 3.8) is 0 Å². The summed E-state index contributed by atoms with van der Waals surface area (Å²) in [4.78, 5) is 14.7. The maximum atomic E-state index is 13.5. The van der Waals surface area contributed by atoms with Gasteiger partial charge in [0.05, 0.1) is 36.0 Å². The molecule has 0 bridgehead atoms. The third kappa shape index (κ3) is 4.53. The molecule has 2 aromatic rings. The molecule has 30 heavy (non-hydrogen) atoms. The first-order valence-corrected chi connectivity index (χ1v) is 11.5. The number of ether oxygens (including phenoxy) is 1. The molecule has 6 nitrogen and oxygen atoms in total. The number of sulfonamides is 1. The van der Waals surface area contributed by atoms with E-state index in [2.05, 4.69) is 6.58 Å². The van der Waals surface area contributed by atoms with E-state index < -0.39 is 10.0 Å². The first-order chi connectivity index (χ1) is 14.3. The molecule has 0 aromatic heterocycles. The van der Waals surface area contributed by atoms with Gasteiger partial charge in [0.15, 0.2) is 0 Å². The predicted octanol–water partition coefficient (Wildman–Crippen LogP) is 3.97. The minimum Gasteiger partial charge on any atom is -0.375 e. The minimum atomic E-state index is -4.02. The summed E-state index contributed by atoms with van der Waals surface area (Å²) >= 11 is 6.28. The Kier molecular flexibility index (Phi) is 6.85. The van der Waals surface area contributed by atoms with Crippen molar-refractivity contribution in [2.75, 3.05) is 24.0 Å². The molecule has 1 amide bonds. The van der Waals surface area contributed by atoms with Crippen LogP contribution in [0.25, 0.3) is 0 Å². The van der Waals surface area contributed by atoms with Gasteiger partial charge in [0.1, 0.15) is 4.90 Å². The molecule has 1 saturated heterocycles. The Balaban J connectivity index is 2.01. The Labute approximate surface area is 182 Å². The third-order valence-corrected chi connectivity index (χ3v) is 7.23. The molecular formula is C22H25ClN2O4S. The minimum absolute atomic E-state index is 0.0555. The Hall–Kier alpha value is -2.35. The summed E-state index contributed by atoms with van der Waals surface area (Å²) in [5.41, 5.74) is 0.756. The molecule has 1 aliphatic heterocycles. The number of halogens is 1. The lowest BCUT2D eigenvalue weighted by atomic mass is 10.1. The van der Waals surface area contributed by atoms with Crippen molar-refractivity contribution >= 4 is 33.2 Å². The van der Waals surface area contributed by atoms with Crippen LogP contribution in [-0.2, 0) is 14.8 Å². The SMILES string of the molecule is C=CCN(c1ccccc1)S(=O)(=O)c1cc(C(=O)N2CC(C)OCC2C)ccc1Cl. The van der Waals surface area contributed by atoms with Gasteiger partial charge in [-0.25, -0.2) is 8.42 Å². The number of nitrogens with zero attached hydrogens (tertiary/aromatic N) is 2. The van der Waals surface area contributed by atoms with Gasteiger partial charge in [0.25, 0.3) is 15.9 Å². The largest absolute Gasteiger partial charge is 0.375 e. The monoisotopic (exact) mass is 448 g/mol. The Bertz CT molecular complexity index is 1030. The average molecular weight is 449 g/mol. The van der Waals surface area contributed by atoms with E-state index in [0.29, 0.717) is 18.8 Å². The predicted molar refractivity (Wildman–Crippen MR) is 119 cm³/mol. The van der Waals surface area contributed by atoms with Crippen LogP contribution in [0, 0.1) is 0 Å². The van der Waals surface area contributed by atoms with E-state index in [0.717, 1.165) is 0 Å².